The summed E-state index contributed by atoms with van der Waals surface area (Å²) < 4.78 is 1.92. The predicted molar refractivity (Wildman–Crippen MR) is 148 cm³/mol. The van der Waals surface area contributed by atoms with Crippen LogP contribution in [0.1, 0.15) is 68.2 Å². The topological polar surface area (TPSA) is 87.4 Å². The smallest absolute Gasteiger partial charge is 0.192 e. The van der Waals surface area contributed by atoms with Gasteiger partial charge in [0.15, 0.2) is 11.8 Å². The molecule has 2 unspecified atom stereocenters. The van der Waals surface area contributed by atoms with Crippen molar-refractivity contribution < 1.29 is 5.11 Å². The van der Waals surface area contributed by atoms with Crippen LogP contribution in [0, 0.1) is 6.92 Å². The van der Waals surface area contributed by atoms with E-state index in [1.165, 1.54) is 5.56 Å². The molecule has 0 aliphatic heterocycles. The number of halogens is 1. The number of aryl methyl sites for hydroxylation is 1. The van der Waals surface area contributed by atoms with Crippen LogP contribution in [0.4, 0.5) is 0 Å². The summed E-state index contributed by atoms with van der Waals surface area (Å²) in [7, 11) is 1.93. The van der Waals surface area contributed by atoms with Crippen molar-refractivity contribution in [1.82, 2.24) is 25.4 Å². The standard InChI is InChI=1S/C26H36N6O.HI/c1-18(20-10-8-7-9-11-20)29-25(28-17-24-31-30-19(2)32(24)6)27-16-23(33)21-12-14-22(15-13-21)26(3,4)5;/h7-15,18,23,33H,16-17H2,1-6H3,(H2,27,28,29);1H. The first-order chi connectivity index (χ1) is 15.6. The van der Waals surface area contributed by atoms with Crippen LogP contribution in [0.25, 0.3) is 0 Å². The van der Waals surface area contributed by atoms with Gasteiger partial charge >= 0.3 is 0 Å². The molecule has 0 saturated heterocycles. The van der Waals surface area contributed by atoms with Crippen LogP contribution >= 0.6 is 24.0 Å². The predicted octanol–water partition coefficient (Wildman–Crippen LogP) is 4.57. The molecule has 0 fully saturated rings. The lowest BCUT2D eigenvalue weighted by Gasteiger charge is -2.22. The number of hydrogen-bond acceptors (Lipinski definition) is 4. The molecule has 3 rings (SSSR count). The fraction of sp³-hybridized carbons (Fsp3) is 0.423. The van der Waals surface area contributed by atoms with Gasteiger partial charge in [-0.05, 0) is 36.0 Å². The van der Waals surface area contributed by atoms with E-state index in [0.29, 0.717) is 19.0 Å². The highest BCUT2D eigenvalue weighted by Crippen LogP contribution is 2.23. The number of guanidine groups is 1. The van der Waals surface area contributed by atoms with Crippen LogP contribution in [0.2, 0.25) is 0 Å². The lowest BCUT2D eigenvalue weighted by Crippen LogP contribution is -2.40. The molecule has 3 N–H and O–H groups in total. The number of hydrogen-bond donors (Lipinski definition) is 3. The number of aliphatic hydroxyl groups excluding tert-OH is 1. The van der Waals surface area contributed by atoms with E-state index in [9.17, 15) is 5.11 Å². The molecule has 2 aromatic carbocycles. The van der Waals surface area contributed by atoms with Crippen LogP contribution in [0.5, 0.6) is 0 Å². The fourth-order valence-corrected chi connectivity index (χ4v) is 3.44. The zero-order valence-electron chi connectivity index (χ0n) is 20.9. The normalized spacial score (nSPS) is 13.7. The summed E-state index contributed by atoms with van der Waals surface area (Å²) in [6.07, 6.45) is -0.657. The van der Waals surface area contributed by atoms with Gasteiger partial charge in [0.1, 0.15) is 12.4 Å². The van der Waals surface area contributed by atoms with Crippen molar-refractivity contribution >= 4 is 29.9 Å². The fourth-order valence-electron chi connectivity index (χ4n) is 3.44. The molecule has 0 spiro atoms. The first-order valence-corrected chi connectivity index (χ1v) is 11.4. The molecule has 0 saturated carbocycles. The lowest BCUT2D eigenvalue weighted by molar-refractivity contribution is 0.180. The summed E-state index contributed by atoms with van der Waals surface area (Å²) in [5, 5.41) is 25.8. The molecule has 0 radical (unpaired) electrons. The Morgan fingerprint density at radius 3 is 2.24 bits per heavy atom. The van der Waals surface area contributed by atoms with Crippen molar-refractivity contribution in [3.8, 4) is 0 Å². The number of nitrogens with one attached hydrogen (secondary N) is 2. The monoisotopic (exact) mass is 576 g/mol. The quantitative estimate of drug-likeness (QED) is 0.218. The molecule has 1 heterocycles. The van der Waals surface area contributed by atoms with E-state index in [2.05, 4.69) is 72.8 Å². The van der Waals surface area contributed by atoms with Gasteiger partial charge in [0.05, 0.1) is 12.1 Å². The molecule has 8 heteroatoms. The van der Waals surface area contributed by atoms with Crippen LogP contribution in [-0.2, 0) is 19.0 Å². The Labute approximate surface area is 220 Å². The lowest BCUT2D eigenvalue weighted by atomic mass is 9.86. The van der Waals surface area contributed by atoms with Gasteiger partial charge in [0, 0.05) is 13.6 Å². The van der Waals surface area contributed by atoms with Crippen LogP contribution < -0.4 is 10.6 Å². The van der Waals surface area contributed by atoms with Gasteiger partial charge in [-0.15, -0.1) is 34.2 Å². The molecular weight excluding hydrogens is 539 g/mol. The Balaban J connectivity index is 0.00000408. The number of aliphatic imine (C=N–C) groups is 1. The molecule has 3 aromatic rings. The maximum Gasteiger partial charge on any atom is 0.192 e. The van der Waals surface area contributed by atoms with Crippen molar-refractivity contribution in [2.24, 2.45) is 12.0 Å². The van der Waals surface area contributed by atoms with E-state index in [-0.39, 0.29) is 35.4 Å². The number of benzene rings is 2. The van der Waals surface area contributed by atoms with E-state index >= 15 is 0 Å². The Morgan fingerprint density at radius 2 is 1.68 bits per heavy atom. The second kappa shape index (κ2) is 12.3. The summed E-state index contributed by atoms with van der Waals surface area (Å²) in [5.41, 5.74) is 3.35. The van der Waals surface area contributed by atoms with Gasteiger partial charge in [0.2, 0.25) is 0 Å². The van der Waals surface area contributed by atoms with Crippen molar-refractivity contribution in [1.29, 1.82) is 0 Å². The number of aliphatic hydroxyl groups is 1. The minimum atomic E-state index is -0.657. The maximum atomic E-state index is 10.8. The van der Waals surface area contributed by atoms with Gasteiger partial charge < -0.3 is 20.3 Å². The average Bonchev–Trinajstić information content (AvgIpc) is 3.12. The van der Waals surface area contributed by atoms with E-state index < -0.39 is 6.10 Å². The highest BCUT2D eigenvalue weighted by atomic mass is 127. The third-order valence-corrected chi connectivity index (χ3v) is 5.84. The van der Waals surface area contributed by atoms with Crippen molar-refractivity contribution in [2.75, 3.05) is 6.54 Å². The third-order valence-electron chi connectivity index (χ3n) is 5.84. The van der Waals surface area contributed by atoms with E-state index in [1.54, 1.807) is 0 Å². The summed E-state index contributed by atoms with van der Waals surface area (Å²) in [4.78, 5) is 4.71. The highest BCUT2D eigenvalue weighted by molar-refractivity contribution is 14.0. The zero-order chi connectivity index (χ0) is 24.0. The minimum Gasteiger partial charge on any atom is -0.387 e. The SMILES string of the molecule is Cc1nnc(CN=C(NCC(O)c2ccc(C(C)(C)C)cc2)NC(C)c2ccccc2)n1C.I. The number of rotatable bonds is 7. The Kier molecular flexibility index (Phi) is 10.1. The Bertz CT molecular complexity index is 1060. The molecule has 0 aliphatic rings. The van der Waals surface area contributed by atoms with Gasteiger partial charge in [-0.3, -0.25) is 0 Å². The zero-order valence-corrected chi connectivity index (χ0v) is 23.2. The molecule has 0 amide bonds. The van der Waals surface area contributed by atoms with E-state index in [4.69, 9.17) is 4.99 Å². The number of nitrogens with zero attached hydrogens (tertiary/aromatic N) is 4. The molecule has 2 atom stereocenters. The van der Waals surface area contributed by atoms with Gasteiger partial charge in [-0.25, -0.2) is 4.99 Å². The van der Waals surface area contributed by atoms with Gasteiger partial charge in [-0.2, -0.15) is 0 Å². The molecule has 34 heavy (non-hydrogen) atoms. The van der Waals surface area contributed by atoms with Gasteiger partial charge in [0.25, 0.3) is 0 Å². The third kappa shape index (κ3) is 7.53. The van der Waals surface area contributed by atoms with E-state index in [1.807, 2.05) is 48.9 Å². The maximum absolute atomic E-state index is 10.8. The summed E-state index contributed by atoms with van der Waals surface area (Å²) in [5.74, 6) is 2.23. The minimum absolute atomic E-state index is 0. The van der Waals surface area contributed by atoms with E-state index in [0.717, 1.165) is 22.8 Å². The van der Waals surface area contributed by atoms with Crippen LogP contribution in [0.15, 0.2) is 59.6 Å². The van der Waals surface area contributed by atoms with Crippen molar-refractivity contribution in [3.05, 3.63) is 82.9 Å². The largest absolute Gasteiger partial charge is 0.387 e. The summed E-state index contributed by atoms with van der Waals surface area (Å²) >= 11 is 0. The second-order valence-corrected chi connectivity index (χ2v) is 9.43. The molecule has 1 aromatic heterocycles. The first kappa shape index (κ1) is 27.8. The molecule has 0 bridgehead atoms. The summed E-state index contributed by atoms with van der Waals surface area (Å²) in [6, 6.07) is 18.4. The second-order valence-electron chi connectivity index (χ2n) is 9.43. The Hall–Kier alpha value is -2.46. The molecule has 184 valence electrons. The highest BCUT2D eigenvalue weighted by Gasteiger charge is 2.16. The van der Waals surface area contributed by atoms with Crippen molar-refractivity contribution in [2.45, 2.75) is 58.7 Å². The van der Waals surface area contributed by atoms with Gasteiger partial charge in [-0.1, -0.05) is 75.4 Å². The average molecular weight is 577 g/mol. The summed E-state index contributed by atoms with van der Waals surface area (Å²) in [6.45, 7) is 11.3. The van der Waals surface area contributed by atoms with Crippen LogP contribution in [0.3, 0.4) is 0 Å². The molecule has 0 aliphatic carbocycles. The van der Waals surface area contributed by atoms with Crippen molar-refractivity contribution in [3.63, 3.8) is 0 Å². The first-order valence-electron chi connectivity index (χ1n) is 11.4. The number of aromatic nitrogens is 3. The Morgan fingerprint density at radius 1 is 1.03 bits per heavy atom. The van der Waals surface area contributed by atoms with Crippen LogP contribution in [-0.4, -0.2) is 32.4 Å². The molecular formula is C26H37IN6O. The molecule has 7 nitrogen and oxygen atoms in total.